The molecule has 0 spiro atoms. The maximum Gasteiger partial charge on any atom is 0.0166 e. The smallest absolute Gasteiger partial charge is 0.0166 e. The Bertz CT molecular complexity index is 349. The molecule has 1 saturated carbocycles. The Balaban J connectivity index is 1.68. The van der Waals surface area contributed by atoms with E-state index >= 15 is 0 Å². The van der Waals surface area contributed by atoms with Gasteiger partial charge in [-0.25, -0.2) is 0 Å². The van der Waals surface area contributed by atoms with Crippen LogP contribution in [0.2, 0.25) is 0 Å². The zero-order chi connectivity index (χ0) is 13.0. The SMILES string of the molecule is CCN(C)CC(C)NCC1CC1c1ccccc1. The van der Waals surface area contributed by atoms with Gasteiger partial charge in [-0.1, -0.05) is 37.3 Å². The number of hydrogen-bond donors (Lipinski definition) is 1. The minimum absolute atomic E-state index is 0.590. The van der Waals surface area contributed by atoms with E-state index in [0.717, 1.165) is 31.5 Å². The van der Waals surface area contributed by atoms with E-state index in [1.807, 2.05) is 0 Å². The summed E-state index contributed by atoms with van der Waals surface area (Å²) in [5.74, 6) is 1.65. The Hall–Kier alpha value is -0.860. The maximum atomic E-state index is 3.67. The molecule has 1 fully saturated rings. The highest BCUT2D eigenvalue weighted by Crippen LogP contribution is 2.46. The summed E-state index contributed by atoms with van der Waals surface area (Å²) >= 11 is 0. The molecule has 0 saturated heterocycles. The zero-order valence-corrected chi connectivity index (χ0v) is 11.9. The number of rotatable bonds is 7. The Morgan fingerprint density at radius 1 is 1.33 bits per heavy atom. The molecule has 1 aromatic rings. The van der Waals surface area contributed by atoms with Crippen molar-refractivity contribution in [1.29, 1.82) is 0 Å². The molecular formula is C16H26N2. The summed E-state index contributed by atoms with van der Waals surface area (Å²) in [6, 6.07) is 11.5. The molecule has 2 rings (SSSR count). The standard InChI is InChI=1S/C16H26N2/c1-4-18(3)12-13(2)17-11-15-10-16(15)14-8-6-5-7-9-14/h5-9,13,15-17H,4,10-12H2,1-3H3. The van der Waals surface area contributed by atoms with E-state index in [-0.39, 0.29) is 0 Å². The number of benzene rings is 1. The van der Waals surface area contributed by atoms with Gasteiger partial charge in [0.25, 0.3) is 0 Å². The maximum absolute atomic E-state index is 3.67. The molecule has 18 heavy (non-hydrogen) atoms. The van der Waals surface area contributed by atoms with Crippen LogP contribution in [0.4, 0.5) is 0 Å². The Labute approximate surface area is 111 Å². The van der Waals surface area contributed by atoms with Gasteiger partial charge in [-0.15, -0.1) is 0 Å². The average Bonchev–Trinajstić information content (AvgIpc) is 3.17. The van der Waals surface area contributed by atoms with Crippen molar-refractivity contribution in [3.63, 3.8) is 0 Å². The van der Waals surface area contributed by atoms with Gasteiger partial charge >= 0.3 is 0 Å². The molecule has 0 amide bonds. The molecule has 1 N–H and O–H groups in total. The highest BCUT2D eigenvalue weighted by molar-refractivity contribution is 5.25. The van der Waals surface area contributed by atoms with Crippen LogP contribution in [0.5, 0.6) is 0 Å². The third-order valence-electron chi connectivity index (χ3n) is 4.00. The van der Waals surface area contributed by atoms with Gasteiger partial charge in [0, 0.05) is 12.6 Å². The molecule has 0 aromatic heterocycles. The van der Waals surface area contributed by atoms with E-state index in [0.29, 0.717) is 6.04 Å². The molecule has 1 aromatic carbocycles. The number of nitrogens with zero attached hydrogens (tertiary/aromatic N) is 1. The Morgan fingerprint density at radius 3 is 2.72 bits per heavy atom. The largest absolute Gasteiger partial charge is 0.313 e. The van der Waals surface area contributed by atoms with Crippen molar-refractivity contribution in [2.45, 2.75) is 32.2 Å². The van der Waals surface area contributed by atoms with Gasteiger partial charge < -0.3 is 10.2 Å². The van der Waals surface area contributed by atoms with Crippen LogP contribution in [0.15, 0.2) is 30.3 Å². The lowest BCUT2D eigenvalue weighted by atomic mass is 10.1. The van der Waals surface area contributed by atoms with E-state index < -0.39 is 0 Å². The lowest BCUT2D eigenvalue weighted by Gasteiger charge is -2.20. The van der Waals surface area contributed by atoms with Gasteiger partial charge in [0.05, 0.1) is 0 Å². The fourth-order valence-corrected chi connectivity index (χ4v) is 2.60. The third kappa shape index (κ3) is 3.82. The van der Waals surface area contributed by atoms with Crippen LogP contribution in [-0.4, -0.2) is 37.6 Å². The second-order valence-corrected chi connectivity index (χ2v) is 5.68. The van der Waals surface area contributed by atoms with Gasteiger partial charge in [-0.3, -0.25) is 0 Å². The molecule has 2 heteroatoms. The summed E-state index contributed by atoms with van der Waals surface area (Å²) in [6.07, 6.45) is 1.35. The van der Waals surface area contributed by atoms with E-state index in [1.54, 1.807) is 0 Å². The molecule has 1 aliphatic rings. The molecule has 0 aliphatic heterocycles. The number of nitrogens with one attached hydrogen (secondary N) is 1. The van der Waals surface area contributed by atoms with E-state index in [9.17, 15) is 0 Å². The molecule has 0 radical (unpaired) electrons. The highest BCUT2D eigenvalue weighted by Gasteiger charge is 2.37. The van der Waals surface area contributed by atoms with Crippen LogP contribution < -0.4 is 5.32 Å². The minimum Gasteiger partial charge on any atom is -0.313 e. The van der Waals surface area contributed by atoms with E-state index in [4.69, 9.17) is 0 Å². The Kier molecular flexibility index (Phi) is 4.79. The van der Waals surface area contributed by atoms with Crippen LogP contribution in [0.3, 0.4) is 0 Å². The van der Waals surface area contributed by atoms with Crippen LogP contribution in [0.25, 0.3) is 0 Å². The van der Waals surface area contributed by atoms with Crippen molar-refractivity contribution in [1.82, 2.24) is 10.2 Å². The molecular weight excluding hydrogens is 220 g/mol. The molecule has 2 nitrogen and oxygen atoms in total. The van der Waals surface area contributed by atoms with Crippen LogP contribution in [0, 0.1) is 5.92 Å². The van der Waals surface area contributed by atoms with Gasteiger partial charge in [0.1, 0.15) is 0 Å². The second kappa shape index (κ2) is 6.35. The van der Waals surface area contributed by atoms with Crippen molar-refractivity contribution < 1.29 is 0 Å². The highest BCUT2D eigenvalue weighted by atomic mass is 15.1. The Morgan fingerprint density at radius 2 is 2.06 bits per heavy atom. The first-order chi connectivity index (χ1) is 8.70. The van der Waals surface area contributed by atoms with Gasteiger partial charge in [0.15, 0.2) is 0 Å². The van der Waals surface area contributed by atoms with Crippen LogP contribution in [-0.2, 0) is 0 Å². The summed E-state index contributed by atoms with van der Waals surface area (Å²) in [6.45, 7) is 7.92. The van der Waals surface area contributed by atoms with Gasteiger partial charge in [-0.05, 0) is 50.9 Å². The molecule has 3 unspecified atom stereocenters. The van der Waals surface area contributed by atoms with Crippen LogP contribution in [0.1, 0.15) is 31.7 Å². The second-order valence-electron chi connectivity index (χ2n) is 5.68. The lowest BCUT2D eigenvalue weighted by molar-refractivity contribution is 0.308. The first-order valence-electron chi connectivity index (χ1n) is 7.17. The van der Waals surface area contributed by atoms with E-state index in [1.165, 1.54) is 12.0 Å². The molecule has 0 heterocycles. The van der Waals surface area contributed by atoms with Crippen molar-refractivity contribution in [3.8, 4) is 0 Å². The first kappa shape index (κ1) is 13.6. The van der Waals surface area contributed by atoms with Crippen molar-refractivity contribution in [2.24, 2.45) is 5.92 Å². The number of hydrogen-bond acceptors (Lipinski definition) is 2. The monoisotopic (exact) mass is 246 g/mol. The first-order valence-corrected chi connectivity index (χ1v) is 7.17. The van der Waals surface area contributed by atoms with E-state index in [2.05, 4.69) is 61.4 Å². The summed E-state index contributed by atoms with van der Waals surface area (Å²) in [7, 11) is 2.18. The van der Waals surface area contributed by atoms with Gasteiger partial charge in [0.2, 0.25) is 0 Å². The molecule has 3 atom stereocenters. The summed E-state index contributed by atoms with van der Waals surface area (Å²) in [4.78, 5) is 2.36. The zero-order valence-electron chi connectivity index (χ0n) is 11.9. The topological polar surface area (TPSA) is 15.3 Å². The average molecular weight is 246 g/mol. The predicted molar refractivity (Wildman–Crippen MR) is 77.9 cm³/mol. The lowest BCUT2D eigenvalue weighted by Crippen LogP contribution is -2.38. The van der Waals surface area contributed by atoms with Crippen molar-refractivity contribution >= 4 is 0 Å². The van der Waals surface area contributed by atoms with Crippen molar-refractivity contribution in [2.75, 3.05) is 26.7 Å². The van der Waals surface area contributed by atoms with Gasteiger partial charge in [-0.2, -0.15) is 0 Å². The summed E-state index contributed by atoms with van der Waals surface area (Å²) in [5.41, 5.74) is 1.52. The van der Waals surface area contributed by atoms with Crippen LogP contribution >= 0.6 is 0 Å². The quantitative estimate of drug-likeness (QED) is 0.796. The fraction of sp³-hybridized carbons (Fsp3) is 0.625. The summed E-state index contributed by atoms with van der Waals surface area (Å²) < 4.78 is 0. The minimum atomic E-state index is 0.590. The fourth-order valence-electron chi connectivity index (χ4n) is 2.60. The third-order valence-corrected chi connectivity index (χ3v) is 4.00. The summed E-state index contributed by atoms with van der Waals surface area (Å²) in [5, 5.41) is 3.67. The van der Waals surface area contributed by atoms with Crippen molar-refractivity contribution in [3.05, 3.63) is 35.9 Å². The molecule has 0 bridgehead atoms. The predicted octanol–water partition coefficient (Wildman–Crippen LogP) is 2.72. The normalized spacial score (nSPS) is 24.2. The number of likely N-dealkylation sites (N-methyl/N-ethyl adjacent to an activating group) is 1. The molecule has 100 valence electrons. The molecule has 1 aliphatic carbocycles.